The number of rotatable bonds is 5. The van der Waals surface area contributed by atoms with E-state index in [1.165, 1.54) is 17.5 Å². The minimum absolute atomic E-state index is 0.0176. The van der Waals surface area contributed by atoms with Gasteiger partial charge in [-0.1, -0.05) is 26.8 Å². The number of fused-ring (bicyclic) bond motifs is 2. The van der Waals surface area contributed by atoms with Gasteiger partial charge in [-0.25, -0.2) is 24.3 Å². The number of aryl methyl sites for hydroxylation is 1. The second kappa shape index (κ2) is 8.80. The second-order valence-electron chi connectivity index (χ2n) is 11.7. The number of anilines is 2. The molecule has 2 aliphatic carbocycles. The first-order valence-corrected chi connectivity index (χ1v) is 13.2. The summed E-state index contributed by atoms with van der Waals surface area (Å²) in [5.74, 6) is 2.16. The maximum atomic E-state index is 13.4. The Balaban J connectivity index is 1.41. The first-order chi connectivity index (χ1) is 17.7. The highest BCUT2D eigenvalue weighted by Gasteiger charge is 2.31. The van der Waals surface area contributed by atoms with Gasteiger partial charge in [0.1, 0.15) is 11.6 Å². The molecule has 0 aliphatic heterocycles. The normalized spacial score (nSPS) is 17.8. The second-order valence-corrected chi connectivity index (χ2v) is 11.7. The molecule has 0 amide bonds. The number of likely N-dealkylation sites (N-methyl/N-ethyl adjacent to an activating group) is 1. The summed E-state index contributed by atoms with van der Waals surface area (Å²) in [5.41, 5.74) is 4.42. The van der Waals surface area contributed by atoms with E-state index in [4.69, 9.17) is 4.98 Å². The standard InChI is InChI=1S/C29H35N7O/c1-29(2,3)28-30-13-12-26(33-28)36-24-16-25(31-17-23(24)27(37)35(36)21-10-11-21)32-20-8-6-18-7-9-22(34(4)5)15-19(18)14-20/h6,8,12-14,16-17,21-22H,7,9-11,15H2,1-5H3,(H,31,32). The van der Waals surface area contributed by atoms with Crippen molar-refractivity contribution in [3.05, 3.63) is 70.0 Å². The quantitative estimate of drug-likeness (QED) is 0.428. The van der Waals surface area contributed by atoms with Crippen LogP contribution in [-0.4, -0.2) is 49.4 Å². The van der Waals surface area contributed by atoms with E-state index in [1.807, 2.05) is 21.5 Å². The molecule has 3 aromatic heterocycles. The summed E-state index contributed by atoms with van der Waals surface area (Å²) >= 11 is 0. The molecule has 1 N–H and O–H groups in total. The van der Waals surface area contributed by atoms with E-state index >= 15 is 0 Å². The third-order valence-electron chi connectivity index (χ3n) is 7.60. The van der Waals surface area contributed by atoms with Crippen molar-refractivity contribution < 1.29 is 0 Å². The van der Waals surface area contributed by atoms with E-state index in [-0.39, 0.29) is 17.0 Å². The summed E-state index contributed by atoms with van der Waals surface area (Å²) in [7, 11) is 4.32. The average molecular weight is 498 g/mol. The topological polar surface area (TPSA) is 80.9 Å². The lowest BCUT2D eigenvalue weighted by Crippen LogP contribution is -2.33. The maximum absolute atomic E-state index is 13.4. The fourth-order valence-corrected chi connectivity index (χ4v) is 5.30. The van der Waals surface area contributed by atoms with Crippen molar-refractivity contribution in [1.82, 2.24) is 29.2 Å². The molecule has 0 bridgehead atoms. The molecule has 3 heterocycles. The largest absolute Gasteiger partial charge is 0.340 e. The summed E-state index contributed by atoms with van der Waals surface area (Å²) in [4.78, 5) is 29.8. The zero-order valence-electron chi connectivity index (χ0n) is 22.3. The van der Waals surface area contributed by atoms with E-state index < -0.39 is 0 Å². The number of pyridine rings is 1. The van der Waals surface area contributed by atoms with E-state index in [2.05, 4.69) is 73.3 Å². The van der Waals surface area contributed by atoms with Crippen molar-refractivity contribution >= 4 is 22.4 Å². The highest BCUT2D eigenvalue weighted by atomic mass is 16.1. The predicted molar refractivity (Wildman–Crippen MR) is 147 cm³/mol. The summed E-state index contributed by atoms with van der Waals surface area (Å²) in [6.07, 6.45) is 8.83. The lowest BCUT2D eigenvalue weighted by Gasteiger charge is -2.30. The molecule has 4 aromatic rings. The van der Waals surface area contributed by atoms with Gasteiger partial charge in [-0.15, -0.1) is 0 Å². The Kier molecular flexibility index (Phi) is 5.67. The van der Waals surface area contributed by atoms with Gasteiger partial charge in [0.2, 0.25) is 0 Å². The molecule has 8 heteroatoms. The van der Waals surface area contributed by atoms with Crippen LogP contribution < -0.4 is 10.9 Å². The third-order valence-corrected chi connectivity index (χ3v) is 7.60. The zero-order chi connectivity index (χ0) is 25.9. The van der Waals surface area contributed by atoms with Gasteiger partial charge >= 0.3 is 0 Å². The van der Waals surface area contributed by atoms with Gasteiger partial charge in [0.15, 0.2) is 5.82 Å². The van der Waals surface area contributed by atoms with E-state index in [1.54, 1.807) is 12.4 Å². The molecule has 192 valence electrons. The fourth-order valence-electron chi connectivity index (χ4n) is 5.30. The summed E-state index contributed by atoms with van der Waals surface area (Å²) in [6, 6.07) is 11.2. The summed E-state index contributed by atoms with van der Waals surface area (Å²) < 4.78 is 3.82. The molecule has 1 atom stereocenters. The SMILES string of the molecule is CN(C)C1CCc2ccc(Nc3cc4c(cn3)c(=O)n(C3CC3)n4-c3ccnc(C(C)(C)C)n3)cc2C1. The summed E-state index contributed by atoms with van der Waals surface area (Å²) in [6.45, 7) is 6.29. The number of hydrogen-bond donors (Lipinski definition) is 1. The lowest BCUT2D eigenvalue weighted by molar-refractivity contribution is 0.268. The van der Waals surface area contributed by atoms with Gasteiger partial charge in [-0.05, 0) is 69.5 Å². The molecule has 1 saturated carbocycles. The fraction of sp³-hybridized carbons (Fsp3) is 0.448. The molecule has 1 unspecified atom stereocenters. The van der Waals surface area contributed by atoms with Crippen LogP contribution in [0.4, 0.5) is 11.5 Å². The predicted octanol–water partition coefficient (Wildman–Crippen LogP) is 4.77. The average Bonchev–Trinajstić information content (AvgIpc) is 3.67. The van der Waals surface area contributed by atoms with Crippen molar-refractivity contribution in [3.63, 3.8) is 0 Å². The van der Waals surface area contributed by atoms with Crippen molar-refractivity contribution in [1.29, 1.82) is 0 Å². The first kappa shape index (κ1) is 23.9. The molecule has 1 aromatic carbocycles. The van der Waals surface area contributed by atoms with Crippen LogP contribution >= 0.6 is 0 Å². The highest BCUT2D eigenvalue weighted by Crippen LogP contribution is 2.36. The molecule has 0 saturated heterocycles. The smallest absolute Gasteiger partial charge is 0.276 e. The van der Waals surface area contributed by atoms with Crippen LogP contribution in [0, 0.1) is 0 Å². The van der Waals surface area contributed by atoms with Gasteiger partial charge in [-0.2, -0.15) is 0 Å². The third kappa shape index (κ3) is 4.44. The number of aromatic nitrogens is 5. The molecule has 37 heavy (non-hydrogen) atoms. The molecule has 0 radical (unpaired) electrons. The van der Waals surface area contributed by atoms with Gasteiger partial charge in [0.25, 0.3) is 5.56 Å². The molecule has 1 fully saturated rings. The molecule has 8 nitrogen and oxygen atoms in total. The molecular formula is C29H35N7O. The Hall–Kier alpha value is -3.52. The van der Waals surface area contributed by atoms with Crippen molar-refractivity contribution in [2.24, 2.45) is 0 Å². The van der Waals surface area contributed by atoms with Crippen LogP contribution in [0.5, 0.6) is 0 Å². The van der Waals surface area contributed by atoms with Crippen LogP contribution in [0.3, 0.4) is 0 Å². The molecule has 0 spiro atoms. The van der Waals surface area contributed by atoms with Crippen molar-refractivity contribution in [3.8, 4) is 5.82 Å². The molecule has 2 aliphatic rings. The van der Waals surface area contributed by atoms with Gasteiger partial charge in [0.05, 0.1) is 16.9 Å². The Morgan fingerprint density at radius 3 is 2.57 bits per heavy atom. The van der Waals surface area contributed by atoms with Crippen molar-refractivity contribution in [2.75, 3.05) is 19.4 Å². The van der Waals surface area contributed by atoms with Gasteiger partial charge in [0, 0.05) is 41.7 Å². The van der Waals surface area contributed by atoms with E-state index in [0.717, 1.165) is 42.7 Å². The number of hydrogen-bond acceptors (Lipinski definition) is 6. The molecule has 6 rings (SSSR count). The van der Waals surface area contributed by atoms with Crippen LogP contribution in [0.25, 0.3) is 16.7 Å². The monoisotopic (exact) mass is 497 g/mol. The minimum Gasteiger partial charge on any atom is -0.340 e. The maximum Gasteiger partial charge on any atom is 0.276 e. The van der Waals surface area contributed by atoms with Crippen LogP contribution in [0.15, 0.2) is 47.5 Å². The summed E-state index contributed by atoms with van der Waals surface area (Å²) in [5, 5.41) is 4.10. The zero-order valence-corrected chi connectivity index (χ0v) is 22.3. The number of nitrogens with zero attached hydrogens (tertiary/aromatic N) is 6. The number of benzene rings is 1. The Morgan fingerprint density at radius 1 is 1.03 bits per heavy atom. The van der Waals surface area contributed by atoms with Crippen molar-refractivity contribution in [2.45, 2.75) is 70.4 Å². The minimum atomic E-state index is -0.198. The Morgan fingerprint density at radius 2 is 1.84 bits per heavy atom. The first-order valence-electron chi connectivity index (χ1n) is 13.2. The number of nitrogens with one attached hydrogen (secondary N) is 1. The van der Waals surface area contributed by atoms with E-state index in [0.29, 0.717) is 23.1 Å². The van der Waals surface area contributed by atoms with Crippen LogP contribution in [0.2, 0.25) is 0 Å². The highest BCUT2D eigenvalue weighted by molar-refractivity contribution is 5.82. The van der Waals surface area contributed by atoms with Crippen LogP contribution in [-0.2, 0) is 18.3 Å². The lowest BCUT2D eigenvalue weighted by atomic mass is 9.87. The van der Waals surface area contributed by atoms with E-state index in [9.17, 15) is 4.79 Å². The Labute approximate surface area is 217 Å². The van der Waals surface area contributed by atoms with Crippen LogP contribution in [0.1, 0.15) is 63.0 Å². The molecular weight excluding hydrogens is 462 g/mol. The van der Waals surface area contributed by atoms with Gasteiger partial charge < -0.3 is 10.2 Å². The Bertz CT molecular complexity index is 1540. The van der Waals surface area contributed by atoms with Gasteiger partial charge in [-0.3, -0.25) is 4.79 Å².